The minimum atomic E-state index is -0.356. The van der Waals surface area contributed by atoms with Crippen LogP contribution in [0.1, 0.15) is 28.7 Å². The number of carbonyl (C=O) groups is 1. The zero-order chi connectivity index (χ0) is 12.3. The van der Waals surface area contributed by atoms with E-state index in [4.69, 9.17) is 4.74 Å². The average molecular weight is 253 g/mol. The Balaban J connectivity index is 2.44. The lowest BCUT2D eigenvalue weighted by molar-refractivity contribution is 0.0516. The molecule has 0 radical (unpaired) electrons. The summed E-state index contributed by atoms with van der Waals surface area (Å²) in [6.07, 6.45) is 2.73. The number of rotatable bonds is 3. The molecule has 0 aliphatic carbocycles. The Kier molecular flexibility index (Phi) is 3.96. The van der Waals surface area contributed by atoms with Gasteiger partial charge in [-0.25, -0.2) is 14.8 Å². The van der Waals surface area contributed by atoms with E-state index in [2.05, 4.69) is 15.3 Å². The van der Waals surface area contributed by atoms with Crippen LogP contribution in [0.25, 0.3) is 0 Å². The monoisotopic (exact) mass is 253 g/mol. The number of ether oxygens (including phenoxy) is 1. The maximum absolute atomic E-state index is 11.8. The molecule has 0 atom stereocenters. The first-order valence-electron chi connectivity index (χ1n) is 5.58. The van der Waals surface area contributed by atoms with E-state index >= 15 is 0 Å². The van der Waals surface area contributed by atoms with E-state index in [0.29, 0.717) is 24.0 Å². The standard InChI is InChI=1S/C11H15N3O2S/c1-3-16-10(15)9-7-6-12-5-4-8(7)13-11(14-9)17-2/h12H,3-6H2,1-2H3. The van der Waals surface area contributed by atoms with Crippen LogP contribution in [0.4, 0.5) is 0 Å². The zero-order valence-corrected chi connectivity index (χ0v) is 10.8. The molecule has 1 aliphatic heterocycles. The Morgan fingerprint density at radius 2 is 2.35 bits per heavy atom. The number of hydrogen-bond acceptors (Lipinski definition) is 6. The third-order valence-corrected chi connectivity index (χ3v) is 3.11. The van der Waals surface area contributed by atoms with Crippen LogP contribution in [0.2, 0.25) is 0 Å². The lowest BCUT2D eigenvalue weighted by atomic mass is 10.1. The first-order valence-corrected chi connectivity index (χ1v) is 6.80. The predicted octanol–water partition coefficient (Wildman–Crippen LogP) is 1.02. The normalized spacial score (nSPS) is 14.2. The first kappa shape index (κ1) is 12.3. The summed E-state index contributed by atoms with van der Waals surface area (Å²) >= 11 is 1.44. The van der Waals surface area contributed by atoms with Gasteiger partial charge in [0.1, 0.15) is 0 Å². The highest BCUT2D eigenvalue weighted by Crippen LogP contribution is 2.20. The van der Waals surface area contributed by atoms with Gasteiger partial charge in [-0.2, -0.15) is 0 Å². The van der Waals surface area contributed by atoms with Gasteiger partial charge < -0.3 is 10.1 Å². The van der Waals surface area contributed by atoms with Gasteiger partial charge in [0.15, 0.2) is 10.9 Å². The number of carbonyl (C=O) groups excluding carboxylic acids is 1. The van der Waals surface area contributed by atoms with Gasteiger partial charge in [-0.3, -0.25) is 0 Å². The Morgan fingerprint density at radius 1 is 1.53 bits per heavy atom. The Bertz CT molecular complexity index is 437. The predicted molar refractivity (Wildman–Crippen MR) is 65.2 cm³/mol. The minimum absolute atomic E-state index is 0.356. The lowest BCUT2D eigenvalue weighted by Crippen LogP contribution is -2.28. The molecule has 0 aromatic carbocycles. The smallest absolute Gasteiger partial charge is 0.357 e. The molecule has 92 valence electrons. The third kappa shape index (κ3) is 2.58. The molecule has 6 heteroatoms. The van der Waals surface area contributed by atoms with Crippen LogP contribution in [0.3, 0.4) is 0 Å². The maximum atomic E-state index is 11.8. The number of nitrogens with one attached hydrogen (secondary N) is 1. The molecule has 2 heterocycles. The Morgan fingerprint density at radius 3 is 3.06 bits per heavy atom. The summed E-state index contributed by atoms with van der Waals surface area (Å²) in [6, 6.07) is 0. The second kappa shape index (κ2) is 5.46. The number of esters is 1. The van der Waals surface area contributed by atoms with Gasteiger partial charge in [-0.1, -0.05) is 11.8 Å². The molecule has 5 nitrogen and oxygen atoms in total. The fraction of sp³-hybridized carbons (Fsp3) is 0.545. The number of aromatic nitrogens is 2. The van der Waals surface area contributed by atoms with Crippen molar-refractivity contribution in [1.82, 2.24) is 15.3 Å². The number of nitrogens with zero attached hydrogens (tertiary/aromatic N) is 2. The SMILES string of the molecule is CCOC(=O)c1nc(SC)nc2c1CNCC2. The molecular formula is C11H15N3O2S. The van der Waals surface area contributed by atoms with E-state index in [1.54, 1.807) is 6.92 Å². The van der Waals surface area contributed by atoms with Crippen molar-refractivity contribution in [1.29, 1.82) is 0 Å². The molecule has 1 aliphatic rings. The second-order valence-electron chi connectivity index (χ2n) is 3.63. The molecule has 1 aromatic heterocycles. The van der Waals surface area contributed by atoms with Crippen molar-refractivity contribution in [3.63, 3.8) is 0 Å². The van der Waals surface area contributed by atoms with E-state index in [1.165, 1.54) is 11.8 Å². The van der Waals surface area contributed by atoms with E-state index in [9.17, 15) is 4.79 Å². The van der Waals surface area contributed by atoms with Gasteiger partial charge in [0.25, 0.3) is 0 Å². The van der Waals surface area contributed by atoms with Crippen molar-refractivity contribution in [3.8, 4) is 0 Å². The van der Waals surface area contributed by atoms with E-state index < -0.39 is 0 Å². The van der Waals surface area contributed by atoms with Crippen molar-refractivity contribution in [3.05, 3.63) is 17.0 Å². The molecule has 0 unspecified atom stereocenters. The molecule has 17 heavy (non-hydrogen) atoms. The van der Waals surface area contributed by atoms with Crippen molar-refractivity contribution in [2.24, 2.45) is 0 Å². The van der Waals surface area contributed by atoms with Crippen LogP contribution < -0.4 is 5.32 Å². The first-order chi connectivity index (χ1) is 8.26. The average Bonchev–Trinajstić information content (AvgIpc) is 2.37. The van der Waals surface area contributed by atoms with Crippen LogP contribution in [0, 0.1) is 0 Å². The summed E-state index contributed by atoms with van der Waals surface area (Å²) in [5, 5.41) is 3.85. The summed E-state index contributed by atoms with van der Waals surface area (Å²) in [4.78, 5) is 20.5. The van der Waals surface area contributed by atoms with Gasteiger partial charge in [0.05, 0.1) is 12.3 Å². The summed E-state index contributed by atoms with van der Waals surface area (Å²) in [7, 11) is 0. The molecule has 0 amide bonds. The highest BCUT2D eigenvalue weighted by Gasteiger charge is 2.22. The van der Waals surface area contributed by atoms with Crippen molar-refractivity contribution >= 4 is 17.7 Å². The number of thioether (sulfide) groups is 1. The largest absolute Gasteiger partial charge is 0.461 e. The van der Waals surface area contributed by atoms with Crippen molar-refractivity contribution in [2.45, 2.75) is 25.0 Å². The minimum Gasteiger partial charge on any atom is -0.461 e. The van der Waals surface area contributed by atoms with Crippen LogP contribution in [0.5, 0.6) is 0 Å². The fourth-order valence-electron chi connectivity index (χ4n) is 1.78. The molecule has 1 aromatic rings. The van der Waals surface area contributed by atoms with E-state index in [0.717, 1.165) is 24.2 Å². The van der Waals surface area contributed by atoms with Crippen LogP contribution in [-0.4, -0.2) is 35.3 Å². The van der Waals surface area contributed by atoms with Gasteiger partial charge >= 0.3 is 5.97 Å². The number of fused-ring (bicyclic) bond motifs is 1. The van der Waals surface area contributed by atoms with E-state index in [1.807, 2.05) is 6.26 Å². The van der Waals surface area contributed by atoms with Gasteiger partial charge in [0.2, 0.25) is 0 Å². The molecule has 0 spiro atoms. The highest BCUT2D eigenvalue weighted by molar-refractivity contribution is 7.98. The van der Waals surface area contributed by atoms with Crippen molar-refractivity contribution in [2.75, 3.05) is 19.4 Å². The van der Waals surface area contributed by atoms with Gasteiger partial charge in [0, 0.05) is 25.1 Å². The molecule has 0 saturated heterocycles. The lowest BCUT2D eigenvalue weighted by Gasteiger charge is -2.18. The molecule has 0 saturated carbocycles. The van der Waals surface area contributed by atoms with Crippen LogP contribution >= 0.6 is 11.8 Å². The van der Waals surface area contributed by atoms with Crippen LogP contribution in [0.15, 0.2) is 5.16 Å². The highest BCUT2D eigenvalue weighted by atomic mass is 32.2. The fourth-order valence-corrected chi connectivity index (χ4v) is 2.16. The maximum Gasteiger partial charge on any atom is 0.357 e. The zero-order valence-electron chi connectivity index (χ0n) is 9.95. The molecule has 2 rings (SSSR count). The van der Waals surface area contributed by atoms with Gasteiger partial charge in [-0.15, -0.1) is 0 Å². The quantitative estimate of drug-likeness (QED) is 0.493. The molecule has 1 N–H and O–H groups in total. The van der Waals surface area contributed by atoms with Crippen LogP contribution in [-0.2, 0) is 17.7 Å². The molecular weight excluding hydrogens is 238 g/mol. The Labute approximate surface area is 104 Å². The topological polar surface area (TPSA) is 64.1 Å². The second-order valence-corrected chi connectivity index (χ2v) is 4.40. The summed E-state index contributed by atoms with van der Waals surface area (Å²) in [5.74, 6) is -0.356. The summed E-state index contributed by atoms with van der Waals surface area (Å²) < 4.78 is 5.03. The molecule has 0 bridgehead atoms. The summed E-state index contributed by atoms with van der Waals surface area (Å²) in [5.41, 5.74) is 2.26. The van der Waals surface area contributed by atoms with Crippen molar-refractivity contribution < 1.29 is 9.53 Å². The summed E-state index contributed by atoms with van der Waals surface area (Å²) in [6.45, 7) is 3.68. The van der Waals surface area contributed by atoms with E-state index in [-0.39, 0.29) is 5.97 Å². The van der Waals surface area contributed by atoms with Gasteiger partial charge in [-0.05, 0) is 13.2 Å². The third-order valence-electron chi connectivity index (χ3n) is 2.56. The Hall–Kier alpha value is -1.14. The number of hydrogen-bond donors (Lipinski definition) is 1. The molecule has 0 fully saturated rings.